The number of carbonyl (C=O) groups is 1. The van der Waals surface area contributed by atoms with Crippen molar-refractivity contribution in [2.45, 2.75) is 19.9 Å². The molecule has 1 aliphatic heterocycles. The number of nitrogens with zero attached hydrogens (tertiary/aromatic N) is 2. The first-order valence-electron chi connectivity index (χ1n) is 6.16. The van der Waals surface area contributed by atoms with E-state index in [9.17, 15) is 4.79 Å². The van der Waals surface area contributed by atoms with E-state index in [0.29, 0.717) is 10.7 Å². The van der Waals surface area contributed by atoms with Crippen LogP contribution >= 0.6 is 11.9 Å². The minimum Gasteiger partial charge on any atom is -0.324 e. The van der Waals surface area contributed by atoms with Gasteiger partial charge in [0.1, 0.15) is 11.6 Å². The van der Waals surface area contributed by atoms with E-state index in [4.69, 9.17) is 4.84 Å². The minimum atomic E-state index is -0.156. The lowest BCUT2D eigenvalue weighted by Gasteiger charge is -2.30. The molecule has 0 saturated carbocycles. The van der Waals surface area contributed by atoms with Crippen LogP contribution in [0.2, 0.25) is 0 Å². The Bertz CT molecular complexity index is 454. The number of para-hydroxylation sites is 1. The van der Waals surface area contributed by atoms with Crippen molar-refractivity contribution in [3.63, 3.8) is 0 Å². The van der Waals surface area contributed by atoms with E-state index in [0.717, 1.165) is 5.69 Å². The maximum absolute atomic E-state index is 11.8. The fourth-order valence-electron chi connectivity index (χ4n) is 1.69. The second-order valence-electron chi connectivity index (χ2n) is 4.54. The lowest BCUT2D eigenvalue weighted by Crippen LogP contribution is -2.46. The van der Waals surface area contributed by atoms with E-state index in [1.54, 1.807) is 5.55 Å². The maximum Gasteiger partial charge on any atom is 0.256 e. The maximum atomic E-state index is 11.8. The van der Waals surface area contributed by atoms with E-state index < -0.39 is 0 Å². The second-order valence-corrected chi connectivity index (χ2v) is 5.58. The molecule has 1 amide bonds. The Morgan fingerprint density at radius 2 is 2.21 bits per heavy atom. The molecule has 1 heterocycles. The summed E-state index contributed by atoms with van der Waals surface area (Å²) < 4.78 is 0.308. The number of anilines is 1. The lowest BCUT2D eigenvalue weighted by molar-refractivity contribution is -1.01. The third-order valence-corrected chi connectivity index (χ3v) is 4.08. The molecule has 1 aliphatic rings. The van der Waals surface area contributed by atoms with Gasteiger partial charge in [0.25, 0.3) is 5.91 Å². The van der Waals surface area contributed by atoms with Crippen LogP contribution in [0.15, 0.2) is 35.3 Å². The van der Waals surface area contributed by atoms with Gasteiger partial charge < -0.3 is 5.32 Å². The summed E-state index contributed by atoms with van der Waals surface area (Å²) in [6, 6.07) is 9.59. The fraction of sp³-hybridized carbons (Fsp3) is 0.385. The summed E-state index contributed by atoms with van der Waals surface area (Å²) in [5.41, 5.74) is 2.55. The van der Waals surface area contributed by atoms with Crippen LogP contribution in [-0.4, -0.2) is 34.8 Å². The van der Waals surface area contributed by atoms with Crippen LogP contribution in [0.4, 0.5) is 5.69 Å². The molecule has 1 unspecified atom stereocenters. The van der Waals surface area contributed by atoms with Gasteiger partial charge >= 0.3 is 0 Å². The Morgan fingerprint density at radius 1 is 1.47 bits per heavy atom. The van der Waals surface area contributed by atoms with Crippen LogP contribution in [0.5, 0.6) is 0 Å². The molecular formula is C13H18N3O2S+. The van der Waals surface area contributed by atoms with Crippen LogP contribution in [0.1, 0.15) is 13.8 Å². The highest BCUT2D eigenvalue weighted by atomic mass is 32.2. The number of benzene rings is 1. The first kappa shape index (κ1) is 14.0. The van der Waals surface area contributed by atoms with E-state index in [-0.39, 0.29) is 18.6 Å². The molecule has 0 aromatic heterocycles. The van der Waals surface area contributed by atoms with Crippen LogP contribution < -0.4 is 5.32 Å². The summed E-state index contributed by atoms with van der Waals surface area (Å²) in [5.74, 6) is -0.156. The number of amides is 1. The zero-order valence-corrected chi connectivity index (χ0v) is 11.9. The van der Waals surface area contributed by atoms with E-state index in [1.165, 1.54) is 11.9 Å². The van der Waals surface area contributed by atoms with Gasteiger partial charge in [0.05, 0.1) is 0 Å². The smallest absolute Gasteiger partial charge is 0.256 e. The molecule has 1 atom stereocenters. The van der Waals surface area contributed by atoms with Gasteiger partial charge in [-0.2, -0.15) is 4.84 Å². The van der Waals surface area contributed by atoms with Crippen LogP contribution in [-0.2, 0) is 9.63 Å². The lowest BCUT2D eigenvalue weighted by atomic mass is 10.3. The standard InChI is InChI=1S/C13H17N3O2S/c1-11(2)16(9-14-10-19-16)18-8-13(17)15-12-6-4-3-5-7-12/h3-7,10-11H,8-9H2,1-2H3/p+1. The number of aliphatic imine (C=N–C) groups is 1. The Hall–Kier alpha value is -1.37. The molecule has 1 N–H and O–H groups in total. The number of carbonyl (C=O) groups excluding carboxylic acids is 1. The number of nitrogens with one attached hydrogen (secondary N) is 1. The van der Waals surface area contributed by atoms with E-state index in [2.05, 4.69) is 24.2 Å². The van der Waals surface area contributed by atoms with Crippen molar-refractivity contribution in [2.75, 3.05) is 18.6 Å². The van der Waals surface area contributed by atoms with Gasteiger partial charge in [0.2, 0.25) is 6.67 Å². The Labute approximate surface area is 117 Å². The molecule has 0 fully saturated rings. The summed E-state index contributed by atoms with van der Waals surface area (Å²) in [5, 5.41) is 2.80. The second kappa shape index (κ2) is 6.18. The highest BCUT2D eigenvalue weighted by molar-refractivity contribution is 8.07. The molecule has 0 aliphatic carbocycles. The van der Waals surface area contributed by atoms with Crippen LogP contribution in [0.25, 0.3) is 0 Å². The number of hydroxylamine groups is 2. The number of hydrogen-bond donors (Lipinski definition) is 1. The normalized spacial score (nSPS) is 21.8. The van der Waals surface area contributed by atoms with Crippen LogP contribution in [0.3, 0.4) is 0 Å². The summed E-state index contributed by atoms with van der Waals surface area (Å²) in [7, 11) is 0. The molecule has 0 spiro atoms. The first-order chi connectivity index (χ1) is 9.12. The average molecular weight is 280 g/mol. The zero-order chi connectivity index (χ0) is 13.7. The first-order valence-corrected chi connectivity index (χ1v) is 7.00. The molecule has 6 heteroatoms. The number of hydrogen-bond acceptors (Lipinski definition) is 4. The van der Waals surface area contributed by atoms with E-state index >= 15 is 0 Å². The summed E-state index contributed by atoms with van der Waals surface area (Å²) >= 11 is 1.49. The van der Waals surface area contributed by atoms with Crippen molar-refractivity contribution in [2.24, 2.45) is 4.99 Å². The van der Waals surface area contributed by atoms with Crippen molar-refractivity contribution in [3.05, 3.63) is 30.3 Å². The Balaban J connectivity index is 1.86. The minimum absolute atomic E-state index is 0.0173. The summed E-state index contributed by atoms with van der Waals surface area (Å²) in [6.45, 7) is 4.66. The van der Waals surface area contributed by atoms with Gasteiger partial charge in [-0.3, -0.25) is 4.79 Å². The monoisotopic (exact) mass is 280 g/mol. The predicted molar refractivity (Wildman–Crippen MR) is 77.4 cm³/mol. The third-order valence-electron chi connectivity index (χ3n) is 2.84. The average Bonchev–Trinajstić information content (AvgIpc) is 2.88. The van der Waals surface area contributed by atoms with Crippen LogP contribution in [0, 0.1) is 0 Å². The predicted octanol–water partition coefficient (Wildman–Crippen LogP) is 2.43. The molecule has 102 valence electrons. The SMILES string of the molecule is CC(C)[N+]1(OCC(=O)Nc2ccccc2)CN=CS1. The van der Waals surface area contributed by atoms with Crippen molar-refractivity contribution in [1.82, 2.24) is 0 Å². The van der Waals surface area contributed by atoms with Crippen molar-refractivity contribution < 1.29 is 13.7 Å². The van der Waals surface area contributed by atoms with E-state index in [1.807, 2.05) is 30.3 Å². The Kier molecular flexibility index (Phi) is 4.57. The quantitative estimate of drug-likeness (QED) is 0.665. The Morgan fingerprint density at radius 3 is 2.79 bits per heavy atom. The molecule has 1 aromatic rings. The van der Waals surface area contributed by atoms with Crippen molar-refractivity contribution in [1.29, 1.82) is 0 Å². The van der Waals surface area contributed by atoms with Gasteiger partial charge in [0, 0.05) is 5.69 Å². The van der Waals surface area contributed by atoms with Gasteiger partial charge in [-0.1, -0.05) is 22.3 Å². The van der Waals surface area contributed by atoms with Crippen molar-refractivity contribution in [3.8, 4) is 0 Å². The molecule has 5 nitrogen and oxygen atoms in total. The third kappa shape index (κ3) is 3.56. The van der Waals surface area contributed by atoms with Gasteiger partial charge in [0.15, 0.2) is 18.6 Å². The molecule has 2 rings (SSSR count). The summed E-state index contributed by atoms with van der Waals surface area (Å²) in [4.78, 5) is 21.8. The highest BCUT2D eigenvalue weighted by Crippen LogP contribution is 2.30. The number of rotatable bonds is 5. The molecule has 0 radical (unpaired) electrons. The number of quaternary nitrogens is 1. The molecule has 1 aromatic carbocycles. The highest BCUT2D eigenvalue weighted by Gasteiger charge is 2.39. The molecule has 0 bridgehead atoms. The fourth-order valence-corrected chi connectivity index (χ4v) is 2.47. The molecule has 19 heavy (non-hydrogen) atoms. The van der Waals surface area contributed by atoms with Gasteiger partial charge in [-0.25, -0.2) is 4.99 Å². The largest absolute Gasteiger partial charge is 0.324 e. The van der Waals surface area contributed by atoms with Crippen molar-refractivity contribution >= 4 is 29.1 Å². The molecular weight excluding hydrogens is 262 g/mol. The topological polar surface area (TPSA) is 50.7 Å². The molecule has 0 saturated heterocycles. The summed E-state index contributed by atoms with van der Waals surface area (Å²) in [6.07, 6.45) is 0. The van der Waals surface area contributed by atoms with Gasteiger partial charge in [-0.15, -0.1) is 0 Å². The van der Waals surface area contributed by atoms with Gasteiger partial charge in [-0.05, 0) is 26.0 Å². The zero-order valence-electron chi connectivity index (χ0n) is 11.1.